The minimum Gasteiger partial charge on any atom is -0.479 e. The van der Waals surface area contributed by atoms with Crippen LogP contribution in [0.3, 0.4) is 0 Å². The summed E-state index contributed by atoms with van der Waals surface area (Å²) in [5.74, 6) is -0.765. The van der Waals surface area contributed by atoms with E-state index in [0.717, 1.165) is 12.8 Å². The van der Waals surface area contributed by atoms with Crippen molar-refractivity contribution in [2.24, 2.45) is 11.3 Å². The number of nitrogens with zero attached hydrogens (tertiary/aromatic N) is 1. The number of carboxylic acid groups (broad SMARTS) is 1. The molecule has 1 rings (SSSR count). The maximum absolute atomic E-state index is 10.6. The van der Waals surface area contributed by atoms with Gasteiger partial charge in [-0.2, -0.15) is 5.26 Å². The quantitative estimate of drug-likeness (QED) is 0.695. The Labute approximate surface area is 83.2 Å². The van der Waals surface area contributed by atoms with Crippen LogP contribution in [0.4, 0.5) is 0 Å². The number of carbonyl (C=O) groups is 1. The third-order valence-corrected chi connectivity index (χ3v) is 3.15. The molecule has 0 aromatic heterocycles. The van der Waals surface area contributed by atoms with Crippen LogP contribution in [-0.4, -0.2) is 22.3 Å². The molecule has 0 saturated heterocycles. The van der Waals surface area contributed by atoms with Crippen LogP contribution < -0.4 is 0 Å². The molecular formula is C10H15NO3. The number of aliphatic hydroxyl groups is 1. The standard InChI is InChI=1S/C10H15NO3/c1-7-2-4-10(6-11,5-3-7)8(12)9(13)14/h7-8,12H,2-5H2,1H3,(H,13,14). The highest BCUT2D eigenvalue weighted by Crippen LogP contribution is 2.41. The van der Waals surface area contributed by atoms with Gasteiger partial charge in [0.15, 0.2) is 6.10 Å². The summed E-state index contributed by atoms with van der Waals surface area (Å²) in [6, 6.07) is 1.99. The van der Waals surface area contributed by atoms with Gasteiger partial charge >= 0.3 is 5.97 Å². The molecule has 0 aromatic rings. The largest absolute Gasteiger partial charge is 0.479 e. The Morgan fingerprint density at radius 3 is 2.43 bits per heavy atom. The monoisotopic (exact) mass is 197 g/mol. The van der Waals surface area contributed by atoms with Crippen molar-refractivity contribution in [3.05, 3.63) is 0 Å². The van der Waals surface area contributed by atoms with Gasteiger partial charge < -0.3 is 10.2 Å². The highest BCUT2D eigenvalue weighted by Gasteiger charge is 2.44. The molecule has 2 N–H and O–H groups in total. The van der Waals surface area contributed by atoms with Crippen LogP contribution in [0.25, 0.3) is 0 Å². The van der Waals surface area contributed by atoms with Gasteiger partial charge in [0.1, 0.15) is 0 Å². The van der Waals surface area contributed by atoms with E-state index in [9.17, 15) is 9.90 Å². The molecular weight excluding hydrogens is 182 g/mol. The van der Waals surface area contributed by atoms with Gasteiger partial charge in [-0.15, -0.1) is 0 Å². The first-order chi connectivity index (χ1) is 6.52. The van der Waals surface area contributed by atoms with Crippen LogP contribution in [0.5, 0.6) is 0 Å². The summed E-state index contributed by atoms with van der Waals surface area (Å²) in [6.07, 6.45) is 1.06. The summed E-state index contributed by atoms with van der Waals surface area (Å²) >= 11 is 0. The van der Waals surface area contributed by atoms with Crippen molar-refractivity contribution in [3.8, 4) is 6.07 Å². The van der Waals surface area contributed by atoms with Gasteiger partial charge in [0, 0.05) is 0 Å². The average Bonchev–Trinajstić information content (AvgIpc) is 2.18. The first kappa shape index (κ1) is 11.0. The maximum Gasteiger partial charge on any atom is 0.334 e. The topological polar surface area (TPSA) is 81.3 Å². The highest BCUT2D eigenvalue weighted by molar-refractivity contribution is 5.73. The Morgan fingerprint density at radius 1 is 1.57 bits per heavy atom. The zero-order chi connectivity index (χ0) is 10.8. The van der Waals surface area contributed by atoms with Gasteiger partial charge in [0.25, 0.3) is 0 Å². The van der Waals surface area contributed by atoms with Crippen LogP contribution >= 0.6 is 0 Å². The predicted molar refractivity (Wildman–Crippen MR) is 49.3 cm³/mol. The second-order valence-electron chi connectivity index (χ2n) is 4.19. The van der Waals surface area contributed by atoms with Gasteiger partial charge in [-0.05, 0) is 31.6 Å². The molecule has 4 nitrogen and oxygen atoms in total. The lowest BCUT2D eigenvalue weighted by molar-refractivity contribution is -0.153. The molecule has 4 heteroatoms. The smallest absolute Gasteiger partial charge is 0.334 e. The van der Waals surface area contributed by atoms with Crippen LogP contribution in [0, 0.1) is 22.7 Å². The molecule has 0 radical (unpaired) electrons. The third kappa shape index (κ3) is 1.88. The summed E-state index contributed by atoms with van der Waals surface area (Å²) in [6.45, 7) is 2.08. The van der Waals surface area contributed by atoms with Crippen molar-refractivity contribution >= 4 is 5.97 Å². The van der Waals surface area contributed by atoms with E-state index < -0.39 is 17.5 Å². The molecule has 14 heavy (non-hydrogen) atoms. The SMILES string of the molecule is CC1CCC(C#N)(C(O)C(=O)O)CC1. The van der Waals surface area contributed by atoms with E-state index in [0.29, 0.717) is 18.8 Å². The molecule has 1 unspecified atom stereocenters. The van der Waals surface area contributed by atoms with Crippen LogP contribution in [0.15, 0.2) is 0 Å². The summed E-state index contributed by atoms with van der Waals surface area (Å²) in [5, 5.41) is 27.1. The fourth-order valence-electron chi connectivity index (χ4n) is 1.96. The van der Waals surface area contributed by atoms with Crippen LogP contribution in [-0.2, 0) is 4.79 Å². The number of aliphatic carboxylic acids is 1. The van der Waals surface area contributed by atoms with E-state index in [1.807, 2.05) is 6.07 Å². The Hall–Kier alpha value is -1.08. The minimum absolute atomic E-state index is 0.484. The van der Waals surface area contributed by atoms with E-state index in [1.165, 1.54) is 0 Å². The molecule has 1 aliphatic rings. The third-order valence-electron chi connectivity index (χ3n) is 3.15. The molecule has 1 fully saturated rings. The van der Waals surface area contributed by atoms with Gasteiger partial charge in [0.2, 0.25) is 0 Å². The summed E-state index contributed by atoms with van der Waals surface area (Å²) in [5.41, 5.74) is -1.06. The first-order valence-corrected chi connectivity index (χ1v) is 4.84. The Kier molecular flexibility index (Phi) is 3.12. The average molecular weight is 197 g/mol. The second-order valence-corrected chi connectivity index (χ2v) is 4.19. The molecule has 78 valence electrons. The molecule has 0 aromatic carbocycles. The minimum atomic E-state index is -1.54. The van der Waals surface area contributed by atoms with Crippen molar-refractivity contribution in [1.82, 2.24) is 0 Å². The maximum atomic E-state index is 10.6. The molecule has 1 aliphatic carbocycles. The predicted octanol–water partition coefficient (Wildman–Crippen LogP) is 1.15. The van der Waals surface area contributed by atoms with Crippen molar-refractivity contribution < 1.29 is 15.0 Å². The highest BCUT2D eigenvalue weighted by atomic mass is 16.4. The lowest BCUT2D eigenvalue weighted by Crippen LogP contribution is -2.42. The Balaban J connectivity index is 2.78. The summed E-state index contributed by atoms with van der Waals surface area (Å²) in [7, 11) is 0. The molecule has 1 saturated carbocycles. The van der Waals surface area contributed by atoms with Crippen molar-refractivity contribution in [1.29, 1.82) is 5.26 Å². The van der Waals surface area contributed by atoms with Gasteiger partial charge in [-0.25, -0.2) is 4.79 Å². The van der Waals surface area contributed by atoms with E-state index >= 15 is 0 Å². The fraction of sp³-hybridized carbons (Fsp3) is 0.800. The van der Waals surface area contributed by atoms with Gasteiger partial charge in [-0.3, -0.25) is 0 Å². The van der Waals surface area contributed by atoms with E-state index in [1.54, 1.807) is 0 Å². The molecule has 0 spiro atoms. The molecule has 0 bridgehead atoms. The zero-order valence-electron chi connectivity index (χ0n) is 8.23. The zero-order valence-corrected chi connectivity index (χ0v) is 8.23. The Morgan fingerprint density at radius 2 is 2.07 bits per heavy atom. The first-order valence-electron chi connectivity index (χ1n) is 4.84. The summed E-state index contributed by atoms with van der Waals surface area (Å²) < 4.78 is 0. The van der Waals surface area contributed by atoms with Gasteiger partial charge in [0.05, 0.1) is 11.5 Å². The van der Waals surface area contributed by atoms with Crippen molar-refractivity contribution in [2.45, 2.75) is 38.7 Å². The van der Waals surface area contributed by atoms with Gasteiger partial charge in [-0.1, -0.05) is 6.92 Å². The molecule has 1 atom stereocenters. The fourth-order valence-corrected chi connectivity index (χ4v) is 1.96. The second kappa shape index (κ2) is 3.97. The van der Waals surface area contributed by atoms with E-state index in [4.69, 9.17) is 10.4 Å². The number of rotatable bonds is 2. The van der Waals surface area contributed by atoms with Crippen LogP contribution in [0.2, 0.25) is 0 Å². The van der Waals surface area contributed by atoms with E-state index in [2.05, 4.69) is 6.92 Å². The number of hydrogen-bond donors (Lipinski definition) is 2. The lowest BCUT2D eigenvalue weighted by atomic mass is 9.68. The summed E-state index contributed by atoms with van der Waals surface area (Å²) in [4.78, 5) is 10.6. The number of nitriles is 1. The van der Waals surface area contributed by atoms with Crippen molar-refractivity contribution in [2.75, 3.05) is 0 Å². The number of carboxylic acids is 1. The van der Waals surface area contributed by atoms with Crippen molar-refractivity contribution in [3.63, 3.8) is 0 Å². The Bertz CT molecular complexity index is 261. The lowest BCUT2D eigenvalue weighted by Gasteiger charge is -2.35. The van der Waals surface area contributed by atoms with Crippen LogP contribution in [0.1, 0.15) is 32.6 Å². The molecule has 0 aliphatic heterocycles. The number of aliphatic hydroxyl groups excluding tert-OH is 1. The normalized spacial score (nSPS) is 34.5. The molecule has 0 heterocycles. The van der Waals surface area contributed by atoms with E-state index in [-0.39, 0.29) is 0 Å². The number of hydrogen-bond acceptors (Lipinski definition) is 3. The molecule has 0 amide bonds.